The Morgan fingerprint density at radius 2 is 1.89 bits per heavy atom. The summed E-state index contributed by atoms with van der Waals surface area (Å²) in [7, 11) is 0. The Bertz CT molecular complexity index is 1100. The number of nitrogens with zero attached hydrogens (tertiary/aromatic N) is 3. The minimum atomic E-state index is -0.363. The average molecular weight is 521 g/mol. The number of benzene rings is 2. The lowest BCUT2D eigenvalue weighted by molar-refractivity contribution is -0.145. The van der Waals surface area contributed by atoms with E-state index in [1.165, 1.54) is 12.8 Å². The Hall–Kier alpha value is -3.55. The molecule has 1 heterocycles. The van der Waals surface area contributed by atoms with Crippen molar-refractivity contribution in [3.63, 3.8) is 0 Å². The van der Waals surface area contributed by atoms with Crippen molar-refractivity contribution >= 4 is 23.5 Å². The molecule has 2 aromatic rings. The van der Waals surface area contributed by atoms with Crippen LogP contribution >= 0.6 is 0 Å². The lowest BCUT2D eigenvalue weighted by Crippen LogP contribution is -2.42. The van der Waals surface area contributed by atoms with Crippen LogP contribution in [0, 0.1) is 0 Å². The SMILES string of the molecule is CCCCN(C(=O)CCCOc1ccc2c(c1)CN(CC(=O)OCc1ccccc1)C(N)=N2)C1CCCC1. The number of unbranched alkanes of at least 4 members (excludes halogenated alkanes) is 1. The van der Waals surface area contributed by atoms with Crippen LogP contribution in [0.4, 0.5) is 5.69 Å². The van der Waals surface area contributed by atoms with Gasteiger partial charge < -0.3 is 25.0 Å². The molecule has 8 heteroatoms. The molecule has 4 rings (SSSR count). The van der Waals surface area contributed by atoms with Gasteiger partial charge in [-0.3, -0.25) is 9.59 Å². The largest absolute Gasteiger partial charge is 0.494 e. The number of nitrogens with two attached hydrogens (primary N) is 1. The third-order valence-electron chi connectivity index (χ3n) is 7.18. The number of hydrogen-bond donors (Lipinski definition) is 1. The second kappa shape index (κ2) is 13.8. The number of fused-ring (bicyclic) bond motifs is 1. The highest BCUT2D eigenvalue weighted by Crippen LogP contribution is 2.29. The van der Waals surface area contributed by atoms with Gasteiger partial charge in [-0.2, -0.15) is 0 Å². The zero-order chi connectivity index (χ0) is 26.7. The maximum atomic E-state index is 12.9. The molecule has 0 radical (unpaired) electrons. The minimum absolute atomic E-state index is 0.0182. The van der Waals surface area contributed by atoms with Crippen molar-refractivity contribution in [2.24, 2.45) is 10.7 Å². The zero-order valence-electron chi connectivity index (χ0n) is 22.4. The van der Waals surface area contributed by atoms with E-state index in [-0.39, 0.29) is 31.0 Å². The van der Waals surface area contributed by atoms with E-state index in [0.717, 1.165) is 54.8 Å². The van der Waals surface area contributed by atoms with Gasteiger partial charge in [0, 0.05) is 31.1 Å². The number of rotatable bonds is 13. The molecule has 0 atom stereocenters. The van der Waals surface area contributed by atoms with E-state index in [9.17, 15) is 9.59 Å². The maximum absolute atomic E-state index is 12.9. The molecule has 1 aliphatic carbocycles. The Morgan fingerprint density at radius 1 is 1.11 bits per heavy atom. The standard InChI is InChI=1S/C30H40N4O4/c1-2-3-17-34(25-12-7-8-13-25)28(35)14-9-18-37-26-15-16-27-24(19-26)20-33(30(31)32-27)21-29(36)38-22-23-10-5-4-6-11-23/h4-6,10-11,15-16,19,25H,2-3,7-9,12-14,17-18,20-22H2,1H3,(H2,31,32). The summed E-state index contributed by atoms with van der Waals surface area (Å²) < 4.78 is 11.4. The van der Waals surface area contributed by atoms with Gasteiger partial charge in [-0.1, -0.05) is 56.5 Å². The molecule has 0 aromatic heterocycles. The number of hydrogen-bond acceptors (Lipinski definition) is 7. The number of carbonyl (C=O) groups is 2. The second-order valence-electron chi connectivity index (χ2n) is 10.1. The summed E-state index contributed by atoms with van der Waals surface area (Å²) in [5.74, 6) is 0.894. The molecule has 0 bridgehead atoms. The Balaban J connectivity index is 1.24. The topological polar surface area (TPSA) is 97.5 Å². The van der Waals surface area contributed by atoms with Crippen molar-refractivity contribution in [2.45, 2.75) is 77.5 Å². The van der Waals surface area contributed by atoms with Gasteiger partial charge in [0.25, 0.3) is 0 Å². The van der Waals surface area contributed by atoms with Gasteiger partial charge in [0.1, 0.15) is 18.9 Å². The van der Waals surface area contributed by atoms with E-state index in [4.69, 9.17) is 15.2 Å². The van der Waals surface area contributed by atoms with E-state index in [0.29, 0.717) is 32.0 Å². The highest BCUT2D eigenvalue weighted by Gasteiger charge is 2.26. The normalized spacial score (nSPS) is 15.1. The summed E-state index contributed by atoms with van der Waals surface area (Å²) in [5, 5.41) is 0. The summed E-state index contributed by atoms with van der Waals surface area (Å²) in [4.78, 5) is 33.6. The van der Waals surface area contributed by atoms with Crippen LogP contribution in [0.25, 0.3) is 0 Å². The van der Waals surface area contributed by atoms with Crippen LogP contribution in [0.2, 0.25) is 0 Å². The van der Waals surface area contributed by atoms with Crippen LogP contribution in [0.15, 0.2) is 53.5 Å². The van der Waals surface area contributed by atoms with Gasteiger partial charge in [-0.25, -0.2) is 4.99 Å². The van der Waals surface area contributed by atoms with Crippen LogP contribution in [0.1, 0.15) is 69.4 Å². The van der Waals surface area contributed by atoms with E-state index in [1.54, 1.807) is 4.90 Å². The number of amides is 1. The van der Waals surface area contributed by atoms with Crippen molar-refractivity contribution in [3.8, 4) is 5.75 Å². The second-order valence-corrected chi connectivity index (χ2v) is 10.1. The zero-order valence-corrected chi connectivity index (χ0v) is 22.4. The van der Waals surface area contributed by atoms with E-state index in [1.807, 2.05) is 48.5 Å². The molecule has 2 N–H and O–H groups in total. The summed E-state index contributed by atoms with van der Waals surface area (Å²) in [6.07, 6.45) is 8.06. The van der Waals surface area contributed by atoms with Crippen LogP contribution in [-0.4, -0.2) is 53.4 Å². The lowest BCUT2D eigenvalue weighted by Gasteiger charge is -2.29. The molecule has 1 fully saturated rings. The molecule has 0 unspecified atom stereocenters. The lowest BCUT2D eigenvalue weighted by atomic mass is 10.1. The molecule has 2 aliphatic rings. The fraction of sp³-hybridized carbons (Fsp3) is 0.500. The van der Waals surface area contributed by atoms with Gasteiger partial charge in [-0.05, 0) is 49.4 Å². The van der Waals surface area contributed by atoms with Gasteiger partial charge in [0.2, 0.25) is 5.91 Å². The predicted octanol–water partition coefficient (Wildman–Crippen LogP) is 4.92. The van der Waals surface area contributed by atoms with Gasteiger partial charge in [0.15, 0.2) is 5.96 Å². The molecule has 8 nitrogen and oxygen atoms in total. The van der Waals surface area contributed by atoms with Crippen molar-refractivity contribution in [1.29, 1.82) is 0 Å². The number of aliphatic imine (C=N–C) groups is 1. The molecule has 1 amide bonds. The van der Waals surface area contributed by atoms with Crippen molar-refractivity contribution in [3.05, 3.63) is 59.7 Å². The van der Waals surface area contributed by atoms with Crippen LogP contribution in [-0.2, 0) is 27.5 Å². The average Bonchev–Trinajstić information content (AvgIpc) is 3.46. The quantitative estimate of drug-likeness (QED) is 0.297. The Labute approximate surface area is 225 Å². The summed E-state index contributed by atoms with van der Waals surface area (Å²) in [5.41, 5.74) is 8.74. The smallest absolute Gasteiger partial charge is 0.325 e. The fourth-order valence-corrected chi connectivity index (χ4v) is 5.06. The highest BCUT2D eigenvalue weighted by atomic mass is 16.5. The van der Waals surface area contributed by atoms with Crippen molar-refractivity contribution in [2.75, 3.05) is 19.7 Å². The molecule has 204 valence electrons. The first-order valence-corrected chi connectivity index (χ1v) is 13.9. The molecule has 1 aliphatic heterocycles. The number of guanidine groups is 1. The van der Waals surface area contributed by atoms with Crippen LogP contribution in [0.3, 0.4) is 0 Å². The van der Waals surface area contributed by atoms with E-state index in [2.05, 4.69) is 16.8 Å². The van der Waals surface area contributed by atoms with Gasteiger partial charge >= 0.3 is 5.97 Å². The first kappa shape index (κ1) is 27.5. The third kappa shape index (κ3) is 7.73. The third-order valence-corrected chi connectivity index (χ3v) is 7.18. The first-order chi connectivity index (χ1) is 18.5. The Morgan fingerprint density at radius 3 is 2.66 bits per heavy atom. The molecule has 38 heavy (non-hydrogen) atoms. The minimum Gasteiger partial charge on any atom is -0.494 e. The summed E-state index contributed by atoms with van der Waals surface area (Å²) in [6, 6.07) is 15.7. The van der Waals surface area contributed by atoms with Crippen molar-refractivity contribution < 1.29 is 19.1 Å². The molecule has 0 saturated heterocycles. The summed E-state index contributed by atoms with van der Waals surface area (Å²) >= 11 is 0. The number of carbonyl (C=O) groups excluding carboxylic acids is 2. The number of ether oxygens (including phenoxy) is 2. The molecule has 1 saturated carbocycles. The fourth-order valence-electron chi connectivity index (χ4n) is 5.06. The predicted molar refractivity (Wildman–Crippen MR) is 148 cm³/mol. The van der Waals surface area contributed by atoms with Gasteiger partial charge in [-0.15, -0.1) is 0 Å². The Kier molecular flexibility index (Phi) is 10.0. The van der Waals surface area contributed by atoms with E-state index < -0.39 is 0 Å². The van der Waals surface area contributed by atoms with Crippen LogP contribution in [0.5, 0.6) is 5.75 Å². The molecule has 0 spiro atoms. The monoisotopic (exact) mass is 520 g/mol. The van der Waals surface area contributed by atoms with Gasteiger partial charge in [0.05, 0.1) is 12.3 Å². The summed E-state index contributed by atoms with van der Waals surface area (Å²) in [6.45, 7) is 4.18. The molecule has 2 aromatic carbocycles. The van der Waals surface area contributed by atoms with Crippen LogP contribution < -0.4 is 10.5 Å². The van der Waals surface area contributed by atoms with E-state index >= 15 is 0 Å². The van der Waals surface area contributed by atoms with Crippen molar-refractivity contribution in [1.82, 2.24) is 9.80 Å². The molecular weight excluding hydrogens is 480 g/mol. The first-order valence-electron chi connectivity index (χ1n) is 13.9. The molecular formula is C30H40N4O4. The number of esters is 1. The highest BCUT2D eigenvalue weighted by molar-refractivity contribution is 5.87. The maximum Gasteiger partial charge on any atom is 0.325 e.